The third kappa shape index (κ3) is 3.00. The van der Waals surface area contributed by atoms with Gasteiger partial charge in [0.2, 0.25) is 0 Å². The van der Waals surface area contributed by atoms with E-state index in [9.17, 15) is 0 Å². The highest BCUT2D eigenvalue weighted by molar-refractivity contribution is 7.98. The summed E-state index contributed by atoms with van der Waals surface area (Å²) in [5.74, 6) is 1.97. The summed E-state index contributed by atoms with van der Waals surface area (Å²) in [6, 6.07) is 0. The summed E-state index contributed by atoms with van der Waals surface area (Å²) in [6.45, 7) is 0.744. The molecule has 0 saturated carbocycles. The van der Waals surface area contributed by atoms with E-state index in [-0.39, 0.29) is 0 Å². The minimum absolute atomic E-state index is 0.744. The van der Waals surface area contributed by atoms with Crippen molar-refractivity contribution in [3.8, 4) is 0 Å². The van der Waals surface area contributed by atoms with Crippen molar-refractivity contribution in [3.05, 3.63) is 11.1 Å². The molecule has 1 rings (SSSR count). The van der Waals surface area contributed by atoms with Gasteiger partial charge in [-0.2, -0.15) is 11.8 Å². The topological polar surface area (TPSA) is 50.9 Å². The highest BCUT2D eigenvalue weighted by Crippen LogP contribution is 2.18. The third-order valence-corrected chi connectivity index (χ3v) is 3.21. The summed E-state index contributed by atoms with van der Waals surface area (Å²) in [4.78, 5) is 4.35. The van der Waals surface area contributed by atoms with Gasteiger partial charge in [0.05, 0.1) is 5.69 Å². The van der Waals surface area contributed by atoms with Gasteiger partial charge in [-0.3, -0.25) is 0 Å². The van der Waals surface area contributed by atoms with Gasteiger partial charge in [0, 0.05) is 30.5 Å². The zero-order valence-electron chi connectivity index (χ0n) is 7.04. The van der Waals surface area contributed by atoms with E-state index in [1.54, 1.807) is 11.3 Å². The first-order chi connectivity index (χ1) is 5.86. The van der Waals surface area contributed by atoms with Crippen LogP contribution in [0.2, 0.25) is 0 Å². The molecule has 1 heterocycles. The maximum Gasteiger partial charge on any atom is 0.182 e. The van der Waals surface area contributed by atoms with E-state index < -0.39 is 0 Å². The molecule has 3 nitrogen and oxygen atoms in total. The van der Waals surface area contributed by atoms with Crippen LogP contribution in [0.25, 0.3) is 0 Å². The lowest BCUT2D eigenvalue weighted by Gasteiger charge is -1.94. The smallest absolute Gasteiger partial charge is 0.182 e. The van der Waals surface area contributed by atoms with Crippen molar-refractivity contribution < 1.29 is 0 Å². The SMILES string of the molecule is CNc1nc(CSCCN)cs1. The van der Waals surface area contributed by atoms with Crippen molar-refractivity contribution in [3.63, 3.8) is 0 Å². The predicted octanol–water partition coefficient (Wildman–Crippen LogP) is 1.38. The van der Waals surface area contributed by atoms with E-state index in [0.29, 0.717) is 0 Å². The summed E-state index contributed by atoms with van der Waals surface area (Å²) in [5, 5.41) is 6.07. The Morgan fingerprint density at radius 3 is 3.17 bits per heavy atom. The molecule has 0 saturated heterocycles. The number of hydrogen-bond donors (Lipinski definition) is 2. The Kier molecular flexibility index (Phi) is 4.42. The van der Waals surface area contributed by atoms with E-state index in [2.05, 4.69) is 15.7 Å². The number of thiazole rings is 1. The van der Waals surface area contributed by atoms with Crippen molar-refractivity contribution in [2.45, 2.75) is 5.75 Å². The number of rotatable bonds is 5. The average Bonchev–Trinajstić information content (AvgIpc) is 2.53. The Morgan fingerprint density at radius 2 is 2.58 bits per heavy atom. The lowest BCUT2D eigenvalue weighted by molar-refractivity contribution is 1.14. The Morgan fingerprint density at radius 1 is 1.75 bits per heavy atom. The Balaban J connectivity index is 2.31. The molecule has 0 aliphatic heterocycles. The maximum absolute atomic E-state index is 5.37. The molecule has 0 amide bonds. The van der Waals surface area contributed by atoms with Gasteiger partial charge in [-0.25, -0.2) is 4.98 Å². The number of hydrogen-bond acceptors (Lipinski definition) is 5. The first kappa shape index (κ1) is 9.83. The van der Waals surface area contributed by atoms with Crippen LogP contribution in [0.5, 0.6) is 0 Å². The lowest BCUT2D eigenvalue weighted by Crippen LogP contribution is -2.01. The number of nitrogens with one attached hydrogen (secondary N) is 1. The van der Waals surface area contributed by atoms with Gasteiger partial charge < -0.3 is 11.1 Å². The summed E-state index contributed by atoms with van der Waals surface area (Å²) in [6.07, 6.45) is 0. The van der Waals surface area contributed by atoms with Crippen LogP contribution in [0.3, 0.4) is 0 Å². The maximum atomic E-state index is 5.37. The molecule has 0 aliphatic carbocycles. The molecule has 5 heteroatoms. The molecule has 0 radical (unpaired) electrons. The normalized spacial score (nSPS) is 10.2. The Hall–Kier alpha value is -0.260. The number of thioether (sulfide) groups is 1. The van der Waals surface area contributed by atoms with Crippen molar-refractivity contribution in [1.29, 1.82) is 0 Å². The monoisotopic (exact) mass is 203 g/mol. The quantitative estimate of drug-likeness (QED) is 0.710. The van der Waals surface area contributed by atoms with Gasteiger partial charge in [-0.15, -0.1) is 11.3 Å². The van der Waals surface area contributed by atoms with Crippen LogP contribution in [-0.4, -0.2) is 24.3 Å². The van der Waals surface area contributed by atoms with Crippen LogP contribution in [0.15, 0.2) is 5.38 Å². The zero-order chi connectivity index (χ0) is 8.81. The second-order valence-corrected chi connectivity index (χ2v) is 4.20. The molecule has 1 aromatic rings. The molecular weight excluding hydrogens is 190 g/mol. The van der Waals surface area contributed by atoms with Gasteiger partial charge in [0.25, 0.3) is 0 Å². The molecule has 0 unspecified atom stereocenters. The summed E-state index contributed by atoms with van der Waals surface area (Å²) in [7, 11) is 1.88. The average molecular weight is 203 g/mol. The van der Waals surface area contributed by atoms with Crippen LogP contribution in [0.1, 0.15) is 5.69 Å². The van der Waals surface area contributed by atoms with Gasteiger partial charge >= 0.3 is 0 Å². The van der Waals surface area contributed by atoms with E-state index in [1.165, 1.54) is 0 Å². The third-order valence-electron chi connectivity index (χ3n) is 1.28. The van der Waals surface area contributed by atoms with Crippen molar-refractivity contribution in [1.82, 2.24) is 4.98 Å². The highest BCUT2D eigenvalue weighted by Gasteiger charge is 1.98. The molecule has 0 aliphatic rings. The fourth-order valence-electron chi connectivity index (χ4n) is 0.748. The van der Waals surface area contributed by atoms with Crippen LogP contribution in [-0.2, 0) is 5.75 Å². The van der Waals surface area contributed by atoms with Gasteiger partial charge in [0.15, 0.2) is 5.13 Å². The number of nitrogens with zero attached hydrogens (tertiary/aromatic N) is 1. The molecule has 1 aromatic heterocycles. The molecule has 0 atom stereocenters. The van der Waals surface area contributed by atoms with Crippen LogP contribution in [0.4, 0.5) is 5.13 Å². The van der Waals surface area contributed by atoms with E-state index in [1.807, 2.05) is 18.8 Å². The predicted molar refractivity (Wildman–Crippen MR) is 56.9 cm³/mol. The van der Waals surface area contributed by atoms with E-state index >= 15 is 0 Å². The van der Waals surface area contributed by atoms with Crippen LogP contribution >= 0.6 is 23.1 Å². The van der Waals surface area contributed by atoms with Crippen molar-refractivity contribution in [2.75, 3.05) is 24.7 Å². The van der Waals surface area contributed by atoms with Gasteiger partial charge in [-0.05, 0) is 0 Å². The molecule has 0 spiro atoms. The molecule has 0 fully saturated rings. The fourth-order valence-corrected chi connectivity index (χ4v) is 2.19. The van der Waals surface area contributed by atoms with Gasteiger partial charge in [0.1, 0.15) is 0 Å². The van der Waals surface area contributed by atoms with E-state index in [4.69, 9.17) is 5.73 Å². The van der Waals surface area contributed by atoms with Crippen LogP contribution in [0, 0.1) is 0 Å². The van der Waals surface area contributed by atoms with Crippen LogP contribution < -0.4 is 11.1 Å². The summed E-state index contributed by atoms with van der Waals surface area (Å²) < 4.78 is 0. The highest BCUT2D eigenvalue weighted by atomic mass is 32.2. The summed E-state index contributed by atoms with van der Waals surface area (Å²) >= 11 is 3.46. The number of nitrogens with two attached hydrogens (primary N) is 1. The Bertz CT molecular complexity index is 224. The van der Waals surface area contributed by atoms with Gasteiger partial charge in [-0.1, -0.05) is 0 Å². The summed E-state index contributed by atoms with van der Waals surface area (Å²) in [5.41, 5.74) is 6.51. The first-order valence-electron chi connectivity index (χ1n) is 3.76. The fraction of sp³-hybridized carbons (Fsp3) is 0.571. The largest absolute Gasteiger partial charge is 0.365 e. The zero-order valence-corrected chi connectivity index (χ0v) is 8.67. The first-order valence-corrected chi connectivity index (χ1v) is 5.80. The molecule has 0 bridgehead atoms. The minimum Gasteiger partial charge on any atom is -0.365 e. The molecular formula is C7H13N3S2. The molecule has 68 valence electrons. The van der Waals surface area contributed by atoms with Crippen molar-refractivity contribution in [2.24, 2.45) is 5.73 Å². The molecule has 0 aromatic carbocycles. The van der Waals surface area contributed by atoms with E-state index in [0.717, 1.165) is 28.9 Å². The minimum atomic E-state index is 0.744. The second kappa shape index (κ2) is 5.40. The van der Waals surface area contributed by atoms with Crippen molar-refractivity contribution >= 4 is 28.2 Å². The Labute approximate surface area is 80.8 Å². The molecule has 3 N–H and O–H groups in total. The number of aromatic nitrogens is 1. The second-order valence-electron chi connectivity index (χ2n) is 2.24. The molecule has 12 heavy (non-hydrogen) atoms. The standard InChI is InChI=1S/C7H13N3S2/c1-9-7-10-6(5-12-7)4-11-3-2-8/h5H,2-4,8H2,1H3,(H,9,10). The number of anilines is 1. The lowest BCUT2D eigenvalue weighted by atomic mass is 10.6.